The van der Waals surface area contributed by atoms with Gasteiger partial charge in [-0.1, -0.05) is 26.7 Å². The summed E-state index contributed by atoms with van der Waals surface area (Å²) >= 11 is 0. The van der Waals surface area contributed by atoms with Crippen LogP contribution in [0.25, 0.3) is 0 Å². The predicted molar refractivity (Wildman–Crippen MR) is 94.0 cm³/mol. The van der Waals surface area contributed by atoms with Crippen LogP contribution in [0.5, 0.6) is 0 Å². The van der Waals surface area contributed by atoms with Gasteiger partial charge in [-0.25, -0.2) is 0 Å². The van der Waals surface area contributed by atoms with Gasteiger partial charge in [-0.15, -0.1) is 0 Å². The van der Waals surface area contributed by atoms with Crippen molar-refractivity contribution >= 4 is 17.8 Å². The molecule has 7 heteroatoms. The third-order valence-corrected chi connectivity index (χ3v) is 4.83. The van der Waals surface area contributed by atoms with Gasteiger partial charge in [-0.3, -0.25) is 14.4 Å². The molecule has 1 atom stereocenters. The van der Waals surface area contributed by atoms with Gasteiger partial charge in [0.2, 0.25) is 11.8 Å². The van der Waals surface area contributed by atoms with Gasteiger partial charge in [0.15, 0.2) is 0 Å². The van der Waals surface area contributed by atoms with Crippen LogP contribution in [0, 0.1) is 5.92 Å². The number of carbonyl (C=O) groups excluding carboxylic acids is 2. The topological polar surface area (TPSA) is 98.2 Å². The number of likely N-dealkylation sites (N-methyl/N-ethyl adjacent to an activating group) is 1. The van der Waals surface area contributed by atoms with Crippen LogP contribution in [-0.2, 0) is 14.4 Å². The first-order valence-electron chi connectivity index (χ1n) is 9.19. The molecule has 1 aliphatic heterocycles. The summed E-state index contributed by atoms with van der Waals surface area (Å²) in [5.41, 5.74) is -1.02. The normalized spacial score (nSPS) is 18.1. The predicted octanol–water partition coefficient (Wildman–Crippen LogP) is 1.49. The maximum Gasteiger partial charge on any atom is 0.308 e. The Kier molecular flexibility index (Phi) is 8.35. The number of carboxylic acids is 1. The van der Waals surface area contributed by atoms with Crippen molar-refractivity contribution in [2.45, 2.75) is 64.4 Å². The Hall–Kier alpha value is -1.63. The number of likely N-dealkylation sites (tertiary alicyclic amines) is 1. The SMILES string of the molecule is CCCC(O)(CCC)CC(=O)N(C)CC(=O)N1CCCC(C(=O)O)C1. The molecular formula is C18H32N2O5. The molecule has 0 aliphatic carbocycles. The summed E-state index contributed by atoms with van der Waals surface area (Å²) in [4.78, 5) is 38.7. The summed E-state index contributed by atoms with van der Waals surface area (Å²) in [5.74, 6) is -1.91. The van der Waals surface area contributed by atoms with E-state index >= 15 is 0 Å². The zero-order valence-corrected chi connectivity index (χ0v) is 15.7. The fourth-order valence-corrected chi connectivity index (χ4v) is 3.45. The molecule has 144 valence electrons. The molecule has 1 fully saturated rings. The average molecular weight is 356 g/mol. The number of aliphatic carboxylic acids is 1. The van der Waals surface area contributed by atoms with Crippen molar-refractivity contribution in [3.8, 4) is 0 Å². The van der Waals surface area contributed by atoms with Gasteiger partial charge in [0.25, 0.3) is 0 Å². The monoisotopic (exact) mass is 356 g/mol. The van der Waals surface area contributed by atoms with Crippen molar-refractivity contribution in [2.75, 3.05) is 26.7 Å². The zero-order valence-electron chi connectivity index (χ0n) is 15.7. The lowest BCUT2D eigenvalue weighted by Crippen LogP contribution is -2.47. The zero-order chi connectivity index (χ0) is 19.0. The second kappa shape index (κ2) is 9.75. The molecule has 0 saturated carbocycles. The quantitative estimate of drug-likeness (QED) is 0.652. The number of hydrogen-bond donors (Lipinski definition) is 2. The van der Waals surface area contributed by atoms with Gasteiger partial charge in [-0.05, 0) is 25.7 Å². The molecule has 1 unspecified atom stereocenters. The third-order valence-electron chi connectivity index (χ3n) is 4.83. The summed E-state index contributed by atoms with van der Waals surface area (Å²) in [6, 6.07) is 0. The molecule has 2 amide bonds. The summed E-state index contributed by atoms with van der Waals surface area (Å²) in [6.45, 7) is 4.58. The van der Waals surface area contributed by atoms with Gasteiger partial charge in [0.1, 0.15) is 0 Å². The minimum atomic E-state index is -1.02. The van der Waals surface area contributed by atoms with E-state index < -0.39 is 17.5 Å². The molecule has 1 heterocycles. The Morgan fingerprint density at radius 3 is 2.32 bits per heavy atom. The molecule has 1 rings (SSSR count). The maximum atomic E-state index is 12.4. The van der Waals surface area contributed by atoms with Gasteiger partial charge in [-0.2, -0.15) is 0 Å². The second-order valence-electron chi connectivity index (χ2n) is 7.17. The Morgan fingerprint density at radius 2 is 1.80 bits per heavy atom. The highest BCUT2D eigenvalue weighted by Crippen LogP contribution is 2.24. The number of amides is 2. The van der Waals surface area contributed by atoms with E-state index in [1.165, 1.54) is 9.80 Å². The third kappa shape index (κ3) is 6.65. The van der Waals surface area contributed by atoms with E-state index in [2.05, 4.69) is 0 Å². The largest absolute Gasteiger partial charge is 0.481 e. The van der Waals surface area contributed by atoms with Crippen molar-refractivity contribution in [1.82, 2.24) is 9.80 Å². The molecule has 0 aromatic rings. The molecule has 0 aromatic heterocycles. The van der Waals surface area contributed by atoms with Crippen LogP contribution in [0.2, 0.25) is 0 Å². The number of carbonyl (C=O) groups is 3. The minimum Gasteiger partial charge on any atom is -0.481 e. The number of piperidine rings is 1. The van der Waals surface area contributed by atoms with Crippen molar-refractivity contribution < 1.29 is 24.6 Å². The van der Waals surface area contributed by atoms with Crippen LogP contribution in [-0.4, -0.2) is 70.1 Å². The Balaban J connectivity index is 2.58. The molecular weight excluding hydrogens is 324 g/mol. The van der Waals surface area contributed by atoms with E-state index in [-0.39, 0.29) is 31.3 Å². The summed E-state index contributed by atoms with van der Waals surface area (Å²) in [7, 11) is 1.55. The number of carboxylic acid groups (broad SMARTS) is 1. The Morgan fingerprint density at radius 1 is 1.20 bits per heavy atom. The van der Waals surface area contributed by atoms with Crippen LogP contribution in [0.4, 0.5) is 0 Å². The number of nitrogens with zero attached hydrogens (tertiary/aromatic N) is 2. The van der Waals surface area contributed by atoms with Crippen LogP contribution in [0.3, 0.4) is 0 Å². The first-order chi connectivity index (χ1) is 11.7. The molecule has 1 saturated heterocycles. The van der Waals surface area contributed by atoms with E-state index in [0.717, 1.165) is 12.8 Å². The highest BCUT2D eigenvalue weighted by Gasteiger charge is 2.32. The minimum absolute atomic E-state index is 0.0101. The lowest BCUT2D eigenvalue weighted by atomic mass is 9.89. The van der Waals surface area contributed by atoms with Crippen LogP contribution < -0.4 is 0 Å². The molecule has 7 nitrogen and oxygen atoms in total. The fraction of sp³-hybridized carbons (Fsp3) is 0.833. The first kappa shape index (κ1) is 21.4. The number of hydrogen-bond acceptors (Lipinski definition) is 4. The van der Waals surface area contributed by atoms with Crippen molar-refractivity contribution in [1.29, 1.82) is 0 Å². The summed E-state index contributed by atoms with van der Waals surface area (Å²) < 4.78 is 0. The lowest BCUT2D eigenvalue weighted by molar-refractivity contribution is -0.148. The highest BCUT2D eigenvalue weighted by atomic mass is 16.4. The molecule has 0 aromatic carbocycles. The highest BCUT2D eigenvalue weighted by molar-refractivity contribution is 5.85. The standard InChI is InChI=1S/C18H32N2O5/c1-4-8-18(25,9-5-2)11-15(21)19(3)13-16(22)20-10-6-7-14(12-20)17(23)24/h14,25H,4-13H2,1-3H3,(H,23,24). The van der Waals surface area contributed by atoms with Gasteiger partial charge >= 0.3 is 5.97 Å². The second-order valence-corrected chi connectivity index (χ2v) is 7.17. The van der Waals surface area contributed by atoms with Gasteiger partial charge < -0.3 is 20.0 Å². The fourth-order valence-electron chi connectivity index (χ4n) is 3.45. The summed E-state index contributed by atoms with van der Waals surface area (Å²) in [5, 5.41) is 19.7. The Bertz CT molecular complexity index is 474. The average Bonchev–Trinajstić information content (AvgIpc) is 2.54. The molecule has 25 heavy (non-hydrogen) atoms. The number of aliphatic hydroxyl groups is 1. The number of rotatable bonds is 9. The van der Waals surface area contributed by atoms with E-state index in [9.17, 15) is 19.5 Å². The van der Waals surface area contributed by atoms with Crippen molar-refractivity contribution in [2.24, 2.45) is 5.92 Å². The van der Waals surface area contributed by atoms with E-state index in [1.54, 1.807) is 7.05 Å². The van der Waals surface area contributed by atoms with E-state index in [4.69, 9.17) is 5.11 Å². The molecule has 1 aliphatic rings. The Labute approximate surface area is 150 Å². The van der Waals surface area contributed by atoms with Crippen LogP contribution >= 0.6 is 0 Å². The van der Waals surface area contributed by atoms with E-state index in [1.807, 2.05) is 13.8 Å². The van der Waals surface area contributed by atoms with Gasteiger partial charge in [0.05, 0.1) is 24.5 Å². The lowest BCUT2D eigenvalue weighted by Gasteiger charge is -2.33. The molecule has 2 N–H and O–H groups in total. The van der Waals surface area contributed by atoms with Crippen molar-refractivity contribution in [3.05, 3.63) is 0 Å². The van der Waals surface area contributed by atoms with Crippen molar-refractivity contribution in [3.63, 3.8) is 0 Å². The van der Waals surface area contributed by atoms with E-state index in [0.29, 0.717) is 32.2 Å². The molecule has 0 spiro atoms. The molecule has 0 radical (unpaired) electrons. The smallest absolute Gasteiger partial charge is 0.308 e. The van der Waals surface area contributed by atoms with Crippen LogP contribution in [0.1, 0.15) is 58.8 Å². The maximum absolute atomic E-state index is 12.4. The summed E-state index contributed by atoms with van der Waals surface area (Å²) in [6.07, 6.45) is 3.94. The van der Waals surface area contributed by atoms with Crippen LogP contribution in [0.15, 0.2) is 0 Å². The first-order valence-corrected chi connectivity index (χ1v) is 9.19. The van der Waals surface area contributed by atoms with Gasteiger partial charge in [0, 0.05) is 20.1 Å². The molecule has 0 bridgehead atoms.